The molecule has 0 fully saturated rings. The summed E-state index contributed by atoms with van der Waals surface area (Å²) in [5.74, 6) is -0.316. The van der Waals surface area contributed by atoms with E-state index in [2.05, 4.69) is 15.0 Å². The van der Waals surface area contributed by atoms with E-state index in [1.54, 1.807) is 35.5 Å². The van der Waals surface area contributed by atoms with E-state index >= 15 is 0 Å². The Kier molecular flexibility index (Phi) is 4.98. The number of nitrogens with zero attached hydrogens (tertiary/aromatic N) is 4. The molecule has 0 atom stereocenters. The molecule has 2 aromatic heterocycles. The van der Waals surface area contributed by atoms with Gasteiger partial charge in [0.25, 0.3) is 9.84 Å². The molecule has 8 nitrogen and oxygen atoms in total. The van der Waals surface area contributed by atoms with Gasteiger partial charge in [-0.15, -0.1) is 0 Å². The zero-order chi connectivity index (χ0) is 21.5. The number of sulfone groups is 1. The minimum Gasteiger partial charge on any atom is -0.504 e. The van der Waals surface area contributed by atoms with E-state index in [-0.39, 0.29) is 28.7 Å². The number of aromatic nitrogens is 2. The van der Waals surface area contributed by atoms with Crippen LogP contribution in [0.2, 0.25) is 0 Å². The fraction of sp³-hybridized carbons (Fsp3) is 0.238. The second-order valence-corrected chi connectivity index (χ2v) is 8.95. The number of allylic oxidation sites excluding steroid dienone is 1. The SMILES string of the molecule is CC(C)c1c(O)c(N2CCC=C3C=NC=C32)nc(S(=O)(=O)C=O)c1-c1ccccn1. The van der Waals surface area contributed by atoms with Gasteiger partial charge in [-0.05, 0) is 24.5 Å². The molecular weight excluding hydrogens is 404 g/mol. The number of fused-ring (bicyclic) bond motifs is 1. The molecule has 4 rings (SSSR count). The lowest BCUT2D eigenvalue weighted by Crippen LogP contribution is -2.29. The van der Waals surface area contributed by atoms with Crippen LogP contribution in [-0.4, -0.2) is 41.9 Å². The Morgan fingerprint density at radius 2 is 2.07 bits per heavy atom. The molecule has 0 aromatic carbocycles. The maximum absolute atomic E-state index is 12.7. The third kappa shape index (κ3) is 3.21. The molecule has 0 saturated carbocycles. The summed E-state index contributed by atoms with van der Waals surface area (Å²) in [5.41, 5.74) is 2.31. The summed E-state index contributed by atoms with van der Waals surface area (Å²) in [6.07, 6.45) is 7.55. The molecule has 0 saturated heterocycles. The lowest BCUT2D eigenvalue weighted by molar-refractivity contribution is 0.460. The van der Waals surface area contributed by atoms with Crippen molar-refractivity contribution in [1.29, 1.82) is 0 Å². The molecule has 4 heterocycles. The number of hydrogen-bond acceptors (Lipinski definition) is 8. The standard InChI is InChI=1S/C21H20N4O4S/c1-13(2)17-18(15-7-3-4-8-23-15)21(30(28,29)12-26)24-20(19(17)27)25-9-5-6-14-10-22-11-16(14)25/h3-4,6-8,10-13,27H,5,9H2,1-2H3. The van der Waals surface area contributed by atoms with Gasteiger partial charge < -0.3 is 10.0 Å². The highest BCUT2D eigenvalue weighted by Crippen LogP contribution is 2.45. The number of hydrogen-bond donors (Lipinski definition) is 1. The molecule has 0 unspecified atom stereocenters. The van der Waals surface area contributed by atoms with Gasteiger partial charge in [0, 0.05) is 35.7 Å². The predicted molar refractivity (Wildman–Crippen MR) is 114 cm³/mol. The molecule has 2 aliphatic heterocycles. The summed E-state index contributed by atoms with van der Waals surface area (Å²) in [6, 6.07) is 5.03. The summed E-state index contributed by atoms with van der Waals surface area (Å²) >= 11 is 0. The smallest absolute Gasteiger partial charge is 0.255 e. The Balaban J connectivity index is 2.06. The van der Waals surface area contributed by atoms with E-state index < -0.39 is 14.9 Å². The molecule has 0 bridgehead atoms. The van der Waals surface area contributed by atoms with Gasteiger partial charge in [0.1, 0.15) is 0 Å². The summed E-state index contributed by atoms with van der Waals surface area (Å²) in [4.78, 5) is 25.9. The molecular formula is C21H20N4O4S. The van der Waals surface area contributed by atoms with E-state index in [1.807, 2.05) is 19.9 Å². The van der Waals surface area contributed by atoms with Crippen molar-refractivity contribution in [3.05, 3.63) is 53.5 Å². The van der Waals surface area contributed by atoms with Crippen molar-refractivity contribution >= 4 is 27.5 Å². The van der Waals surface area contributed by atoms with Crippen LogP contribution >= 0.6 is 0 Å². The van der Waals surface area contributed by atoms with Crippen molar-refractivity contribution in [2.75, 3.05) is 11.4 Å². The Labute approximate surface area is 174 Å². The lowest BCUT2D eigenvalue weighted by atomic mass is 9.95. The van der Waals surface area contributed by atoms with Crippen LogP contribution in [-0.2, 0) is 14.6 Å². The molecule has 2 aliphatic rings. The first-order valence-electron chi connectivity index (χ1n) is 9.45. The number of carbonyl (C=O) groups excluding carboxylic acids is 1. The maximum atomic E-state index is 12.7. The normalized spacial score (nSPS) is 15.8. The molecule has 0 amide bonds. The zero-order valence-electron chi connectivity index (χ0n) is 16.5. The second-order valence-electron chi connectivity index (χ2n) is 7.28. The highest BCUT2D eigenvalue weighted by atomic mass is 32.2. The minimum absolute atomic E-state index is 0.0844. The third-order valence-corrected chi connectivity index (χ3v) is 6.11. The van der Waals surface area contributed by atoms with Crippen molar-refractivity contribution in [3.8, 4) is 17.0 Å². The quantitative estimate of drug-likeness (QED) is 0.734. The Hall–Kier alpha value is -3.33. The van der Waals surface area contributed by atoms with Crippen LogP contribution in [0.4, 0.5) is 5.82 Å². The van der Waals surface area contributed by atoms with Crippen molar-refractivity contribution < 1.29 is 18.3 Å². The summed E-state index contributed by atoms with van der Waals surface area (Å²) in [6.45, 7) is 4.16. The van der Waals surface area contributed by atoms with Crippen LogP contribution in [0.15, 0.2) is 58.0 Å². The maximum Gasteiger partial charge on any atom is 0.255 e. The van der Waals surface area contributed by atoms with Crippen molar-refractivity contribution in [1.82, 2.24) is 9.97 Å². The van der Waals surface area contributed by atoms with Gasteiger partial charge in [-0.25, -0.2) is 13.4 Å². The molecule has 9 heteroatoms. The Bertz CT molecular complexity index is 1220. The molecule has 1 N–H and O–H groups in total. The van der Waals surface area contributed by atoms with Crippen molar-refractivity contribution in [3.63, 3.8) is 0 Å². The topological polar surface area (TPSA) is 113 Å². The predicted octanol–water partition coefficient (Wildman–Crippen LogP) is 3.00. The third-order valence-electron chi connectivity index (χ3n) is 5.02. The number of carbonyl (C=O) groups is 1. The number of anilines is 1. The highest BCUT2D eigenvalue weighted by molar-refractivity contribution is 8.04. The first-order valence-corrected chi connectivity index (χ1v) is 11.0. The fourth-order valence-corrected chi connectivity index (χ4v) is 4.52. The summed E-state index contributed by atoms with van der Waals surface area (Å²) in [5, 5.41) is 10.8. The van der Waals surface area contributed by atoms with Gasteiger partial charge in [-0.1, -0.05) is 26.0 Å². The van der Waals surface area contributed by atoms with Crippen molar-refractivity contribution in [2.24, 2.45) is 4.99 Å². The van der Waals surface area contributed by atoms with E-state index in [9.17, 15) is 18.3 Å². The van der Waals surface area contributed by atoms with E-state index in [0.29, 0.717) is 24.2 Å². The van der Waals surface area contributed by atoms with Gasteiger partial charge >= 0.3 is 0 Å². The zero-order valence-corrected chi connectivity index (χ0v) is 17.3. The summed E-state index contributed by atoms with van der Waals surface area (Å²) < 4.78 is 25.5. The number of pyridine rings is 2. The van der Waals surface area contributed by atoms with Gasteiger partial charge in [-0.3, -0.25) is 14.8 Å². The fourth-order valence-electron chi connectivity index (χ4n) is 3.72. The number of aromatic hydroxyl groups is 1. The average molecular weight is 424 g/mol. The Morgan fingerprint density at radius 1 is 1.27 bits per heavy atom. The molecule has 154 valence electrons. The second kappa shape index (κ2) is 7.49. The monoisotopic (exact) mass is 424 g/mol. The molecule has 2 aromatic rings. The van der Waals surface area contributed by atoms with Gasteiger partial charge in [-0.2, -0.15) is 0 Å². The molecule has 0 aliphatic carbocycles. The van der Waals surface area contributed by atoms with Crippen LogP contribution in [0.1, 0.15) is 31.7 Å². The highest BCUT2D eigenvalue weighted by Gasteiger charge is 2.33. The largest absolute Gasteiger partial charge is 0.504 e. The number of aliphatic imine (C=N–C) groups is 1. The van der Waals surface area contributed by atoms with Crippen molar-refractivity contribution in [2.45, 2.75) is 31.2 Å². The van der Waals surface area contributed by atoms with Gasteiger partial charge in [0.15, 0.2) is 16.6 Å². The van der Waals surface area contributed by atoms with E-state index in [1.165, 1.54) is 6.20 Å². The van der Waals surface area contributed by atoms with Crippen LogP contribution in [0.25, 0.3) is 11.3 Å². The first kappa shape index (κ1) is 20.0. The lowest BCUT2D eigenvalue weighted by Gasteiger charge is -2.30. The average Bonchev–Trinajstić information content (AvgIpc) is 3.22. The van der Waals surface area contributed by atoms with Gasteiger partial charge in [0.05, 0.1) is 17.6 Å². The van der Waals surface area contributed by atoms with Crippen LogP contribution in [0.3, 0.4) is 0 Å². The first-order chi connectivity index (χ1) is 14.3. The Morgan fingerprint density at radius 3 is 2.73 bits per heavy atom. The number of rotatable bonds is 5. The molecule has 0 spiro atoms. The van der Waals surface area contributed by atoms with E-state index in [0.717, 1.165) is 11.3 Å². The van der Waals surface area contributed by atoms with Crippen LogP contribution < -0.4 is 4.90 Å². The van der Waals surface area contributed by atoms with Gasteiger partial charge in [0.2, 0.25) is 5.62 Å². The van der Waals surface area contributed by atoms with Crippen LogP contribution in [0.5, 0.6) is 5.75 Å². The minimum atomic E-state index is -4.37. The summed E-state index contributed by atoms with van der Waals surface area (Å²) in [7, 11) is -4.37. The van der Waals surface area contributed by atoms with E-state index in [4.69, 9.17) is 0 Å². The van der Waals surface area contributed by atoms with Crippen LogP contribution in [0, 0.1) is 0 Å². The molecule has 30 heavy (non-hydrogen) atoms. The molecule has 0 radical (unpaired) electrons.